The van der Waals surface area contributed by atoms with E-state index in [1.54, 1.807) is 24.3 Å². The highest BCUT2D eigenvalue weighted by Crippen LogP contribution is 2.28. The van der Waals surface area contributed by atoms with Crippen molar-refractivity contribution in [3.05, 3.63) is 71.7 Å². The molecule has 1 N–H and O–H groups in total. The van der Waals surface area contributed by atoms with Crippen molar-refractivity contribution in [3.63, 3.8) is 0 Å². The highest BCUT2D eigenvalue weighted by Gasteiger charge is 2.27. The summed E-state index contributed by atoms with van der Waals surface area (Å²) in [4.78, 5) is 9.98. The molecule has 3 aromatic rings. The van der Waals surface area contributed by atoms with E-state index in [0.717, 1.165) is 11.6 Å². The minimum Gasteiger partial charge on any atom is -0.378 e. The normalized spacial score (nSPS) is 17.9. The maximum Gasteiger partial charge on any atom is 0.175 e. The number of hydrogen-bond donors (Lipinski definition) is 1. The Labute approximate surface area is 173 Å². The Morgan fingerprint density at radius 3 is 2.67 bits per heavy atom. The van der Waals surface area contributed by atoms with Crippen LogP contribution in [0.4, 0.5) is 8.78 Å². The van der Waals surface area contributed by atoms with E-state index in [4.69, 9.17) is 4.74 Å². The molecule has 4 rings (SSSR count). The molecule has 2 aromatic carbocycles. The lowest BCUT2D eigenvalue weighted by Gasteiger charge is -2.34. The summed E-state index contributed by atoms with van der Waals surface area (Å²) >= 11 is 0. The Kier molecular flexibility index (Phi) is 5.68. The van der Waals surface area contributed by atoms with Crippen LogP contribution in [0.5, 0.6) is 0 Å². The van der Waals surface area contributed by atoms with Gasteiger partial charge in [-0.15, -0.1) is 0 Å². The van der Waals surface area contributed by atoms with Gasteiger partial charge in [0.05, 0.1) is 36.0 Å². The number of nitrogens with one attached hydrogen (secondary N) is 1. The molecule has 1 saturated heterocycles. The standard InChI is InChI=1S/C21H21F2N3O3S/c1-30(27,28)16-5-2-14(3-6-16)12-26-8-9-29-13-20(26)21-24-11-19(25-21)17-7-4-15(22)10-18(17)23/h2-7,10-11,20H,8-9,12-13H2,1H3,(H,24,25)/t20-/m0/s1. The molecule has 1 aliphatic rings. The van der Waals surface area contributed by atoms with Crippen LogP contribution in [0.25, 0.3) is 11.3 Å². The first-order chi connectivity index (χ1) is 14.3. The number of rotatable bonds is 5. The molecule has 1 aliphatic heterocycles. The summed E-state index contributed by atoms with van der Waals surface area (Å²) in [6, 6.07) is 10.0. The molecule has 9 heteroatoms. The molecule has 0 radical (unpaired) electrons. The largest absolute Gasteiger partial charge is 0.378 e. The summed E-state index contributed by atoms with van der Waals surface area (Å²) < 4.78 is 56.2. The quantitative estimate of drug-likeness (QED) is 0.668. The van der Waals surface area contributed by atoms with Gasteiger partial charge in [0, 0.05) is 31.0 Å². The molecule has 0 bridgehead atoms. The molecule has 1 aromatic heterocycles. The van der Waals surface area contributed by atoms with Gasteiger partial charge in [-0.25, -0.2) is 22.2 Å². The predicted octanol–water partition coefficient (Wildman–Crippen LogP) is 3.33. The fraction of sp³-hybridized carbons (Fsp3) is 0.286. The first kappa shape index (κ1) is 20.6. The van der Waals surface area contributed by atoms with Crippen LogP contribution < -0.4 is 0 Å². The smallest absolute Gasteiger partial charge is 0.175 e. The van der Waals surface area contributed by atoms with Gasteiger partial charge in [0.1, 0.15) is 17.5 Å². The van der Waals surface area contributed by atoms with Crippen molar-refractivity contribution in [2.45, 2.75) is 17.5 Å². The van der Waals surface area contributed by atoms with Gasteiger partial charge in [-0.3, -0.25) is 4.90 Å². The van der Waals surface area contributed by atoms with Crippen molar-refractivity contribution in [1.29, 1.82) is 0 Å². The van der Waals surface area contributed by atoms with Crippen molar-refractivity contribution in [2.24, 2.45) is 0 Å². The van der Waals surface area contributed by atoms with E-state index >= 15 is 0 Å². The molecule has 0 spiro atoms. The highest BCUT2D eigenvalue weighted by atomic mass is 32.2. The van der Waals surface area contributed by atoms with E-state index in [2.05, 4.69) is 14.9 Å². The molecule has 30 heavy (non-hydrogen) atoms. The van der Waals surface area contributed by atoms with Crippen molar-refractivity contribution in [2.75, 3.05) is 26.0 Å². The van der Waals surface area contributed by atoms with Gasteiger partial charge >= 0.3 is 0 Å². The zero-order chi connectivity index (χ0) is 21.3. The van der Waals surface area contributed by atoms with E-state index in [0.29, 0.717) is 37.8 Å². The third kappa shape index (κ3) is 4.43. The van der Waals surface area contributed by atoms with Crippen molar-refractivity contribution >= 4 is 9.84 Å². The van der Waals surface area contributed by atoms with Gasteiger partial charge in [-0.1, -0.05) is 12.1 Å². The number of nitrogens with zero attached hydrogens (tertiary/aromatic N) is 2. The van der Waals surface area contributed by atoms with Crippen LogP contribution in [0.2, 0.25) is 0 Å². The van der Waals surface area contributed by atoms with Crippen LogP contribution in [0.1, 0.15) is 17.4 Å². The van der Waals surface area contributed by atoms with Crippen LogP contribution in [-0.4, -0.2) is 49.3 Å². The number of aromatic amines is 1. The third-order valence-electron chi connectivity index (χ3n) is 5.11. The molecule has 0 amide bonds. The topological polar surface area (TPSA) is 75.3 Å². The summed E-state index contributed by atoms with van der Waals surface area (Å²) in [5, 5.41) is 0. The van der Waals surface area contributed by atoms with E-state index in [9.17, 15) is 17.2 Å². The zero-order valence-electron chi connectivity index (χ0n) is 16.3. The Hall–Kier alpha value is -2.62. The minimum absolute atomic E-state index is 0.175. The molecule has 158 valence electrons. The second-order valence-electron chi connectivity index (χ2n) is 7.28. The molecule has 0 saturated carbocycles. The summed E-state index contributed by atoms with van der Waals surface area (Å²) in [6.45, 7) is 2.23. The molecule has 0 unspecified atom stereocenters. The lowest BCUT2D eigenvalue weighted by atomic mass is 10.1. The number of ether oxygens (including phenoxy) is 1. The summed E-state index contributed by atoms with van der Waals surface area (Å²) in [5.74, 6) is -0.668. The number of H-pyrrole nitrogens is 1. The van der Waals surface area contributed by atoms with Gasteiger partial charge in [0.2, 0.25) is 0 Å². The summed E-state index contributed by atoms with van der Waals surface area (Å²) in [6.07, 6.45) is 2.71. The van der Waals surface area contributed by atoms with Gasteiger partial charge in [0.15, 0.2) is 9.84 Å². The van der Waals surface area contributed by atoms with Crippen LogP contribution in [0.15, 0.2) is 53.6 Å². The molecular weight excluding hydrogens is 412 g/mol. The van der Waals surface area contributed by atoms with Crippen LogP contribution in [0.3, 0.4) is 0 Å². The van der Waals surface area contributed by atoms with Gasteiger partial charge < -0.3 is 9.72 Å². The fourth-order valence-corrected chi connectivity index (χ4v) is 4.14. The maximum absolute atomic E-state index is 14.1. The lowest BCUT2D eigenvalue weighted by Crippen LogP contribution is -2.39. The Balaban J connectivity index is 1.55. The van der Waals surface area contributed by atoms with E-state index in [1.807, 2.05) is 0 Å². The third-order valence-corrected chi connectivity index (χ3v) is 6.24. The number of benzene rings is 2. The molecule has 1 atom stereocenters. The average molecular weight is 433 g/mol. The van der Waals surface area contributed by atoms with Gasteiger partial charge in [-0.2, -0.15) is 0 Å². The molecule has 2 heterocycles. The van der Waals surface area contributed by atoms with Gasteiger partial charge in [0.25, 0.3) is 0 Å². The zero-order valence-corrected chi connectivity index (χ0v) is 17.1. The molecule has 0 aliphatic carbocycles. The Morgan fingerprint density at radius 2 is 1.97 bits per heavy atom. The van der Waals surface area contributed by atoms with E-state index in [-0.39, 0.29) is 16.5 Å². The summed E-state index contributed by atoms with van der Waals surface area (Å²) in [5.41, 5.74) is 1.67. The summed E-state index contributed by atoms with van der Waals surface area (Å²) in [7, 11) is -3.24. The molecular formula is C21H21F2N3O3S. The molecule has 1 fully saturated rings. The monoisotopic (exact) mass is 433 g/mol. The first-order valence-electron chi connectivity index (χ1n) is 9.42. The second kappa shape index (κ2) is 8.25. The lowest BCUT2D eigenvalue weighted by molar-refractivity contribution is -0.0156. The van der Waals surface area contributed by atoms with Gasteiger partial charge in [-0.05, 0) is 29.8 Å². The van der Waals surface area contributed by atoms with Crippen molar-refractivity contribution in [3.8, 4) is 11.3 Å². The SMILES string of the molecule is CS(=O)(=O)c1ccc(CN2CCOC[C@H]2c2ncc(-c3ccc(F)cc3F)[nH]2)cc1. The predicted molar refractivity (Wildman–Crippen MR) is 107 cm³/mol. The first-order valence-corrected chi connectivity index (χ1v) is 11.3. The van der Waals surface area contributed by atoms with Crippen LogP contribution in [-0.2, 0) is 21.1 Å². The Bertz CT molecular complexity index is 1150. The van der Waals surface area contributed by atoms with E-state index < -0.39 is 21.5 Å². The average Bonchev–Trinajstić information content (AvgIpc) is 3.18. The highest BCUT2D eigenvalue weighted by molar-refractivity contribution is 7.90. The number of imidazole rings is 1. The van der Waals surface area contributed by atoms with Crippen molar-refractivity contribution < 1.29 is 21.9 Å². The Morgan fingerprint density at radius 1 is 1.20 bits per heavy atom. The minimum atomic E-state index is -3.24. The molecule has 6 nitrogen and oxygen atoms in total. The van der Waals surface area contributed by atoms with Crippen LogP contribution >= 0.6 is 0 Å². The van der Waals surface area contributed by atoms with Crippen LogP contribution in [0, 0.1) is 11.6 Å². The maximum atomic E-state index is 14.1. The number of halogens is 2. The number of sulfone groups is 1. The van der Waals surface area contributed by atoms with E-state index in [1.165, 1.54) is 24.6 Å². The van der Waals surface area contributed by atoms with Crippen molar-refractivity contribution in [1.82, 2.24) is 14.9 Å². The number of hydrogen-bond acceptors (Lipinski definition) is 5. The second-order valence-corrected chi connectivity index (χ2v) is 9.30. The number of morpholine rings is 1. The fourth-order valence-electron chi connectivity index (χ4n) is 3.51. The number of aromatic nitrogens is 2.